The number of methoxy groups -OCH3 is 1. The van der Waals surface area contributed by atoms with Gasteiger partial charge in [0.15, 0.2) is 12.2 Å². The van der Waals surface area contributed by atoms with Crippen LogP contribution >= 0.6 is 22.9 Å². The Morgan fingerprint density at radius 1 is 1.30 bits per heavy atom. The van der Waals surface area contributed by atoms with Crippen molar-refractivity contribution < 1.29 is 9.47 Å². The third kappa shape index (κ3) is 2.47. The van der Waals surface area contributed by atoms with Crippen LogP contribution in [0.3, 0.4) is 0 Å². The van der Waals surface area contributed by atoms with E-state index in [0.717, 1.165) is 15.1 Å². The summed E-state index contributed by atoms with van der Waals surface area (Å²) in [5.41, 5.74) is 1.32. The molecule has 102 valence electrons. The molecule has 1 aromatic rings. The standard InChI is InChI=1S/C14H10ClNO3S/c1-18-7-19-8-2-3-13-10(4-8)16-11-5-9(15)12(17)6-14(11)20-13/h2-6H,7H2,1H3. The molecule has 0 atom stereocenters. The highest BCUT2D eigenvalue weighted by atomic mass is 35.5. The second-order valence-electron chi connectivity index (χ2n) is 4.14. The first-order valence-electron chi connectivity index (χ1n) is 5.83. The van der Waals surface area contributed by atoms with Crippen LogP contribution in [0.4, 0.5) is 0 Å². The van der Waals surface area contributed by atoms with Crippen molar-refractivity contribution in [1.29, 1.82) is 0 Å². The number of aromatic nitrogens is 1. The summed E-state index contributed by atoms with van der Waals surface area (Å²) in [5, 5.41) is 0.184. The molecule has 4 nitrogen and oxygen atoms in total. The van der Waals surface area contributed by atoms with Crippen LogP contribution in [-0.2, 0) is 4.74 Å². The fraction of sp³-hybridized carbons (Fsp3) is 0.143. The summed E-state index contributed by atoms with van der Waals surface area (Å²) in [5.74, 6) is 0.685. The number of benzene rings is 2. The Hall–Kier alpha value is -1.69. The highest BCUT2D eigenvalue weighted by molar-refractivity contribution is 7.21. The van der Waals surface area contributed by atoms with Gasteiger partial charge in [0.05, 0.1) is 25.8 Å². The summed E-state index contributed by atoms with van der Waals surface area (Å²) >= 11 is 7.35. The molecule has 1 aliphatic carbocycles. The van der Waals surface area contributed by atoms with Gasteiger partial charge in [-0.15, -0.1) is 11.3 Å². The maximum Gasteiger partial charge on any atom is 0.198 e. The molecule has 0 N–H and O–H groups in total. The fourth-order valence-corrected chi connectivity index (χ4v) is 2.94. The van der Waals surface area contributed by atoms with Gasteiger partial charge in [-0.05, 0) is 18.2 Å². The maximum absolute atomic E-state index is 11.6. The number of rotatable bonds is 3. The van der Waals surface area contributed by atoms with E-state index in [9.17, 15) is 4.79 Å². The van der Waals surface area contributed by atoms with E-state index in [1.54, 1.807) is 13.2 Å². The molecule has 0 saturated carbocycles. The largest absolute Gasteiger partial charge is 0.467 e. The quantitative estimate of drug-likeness (QED) is 0.549. The van der Waals surface area contributed by atoms with Crippen molar-refractivity contribution >= 4 is 33.2 Å². The van der Waals surface area contributed by atoms with Crippen molar-refractivity contribution in [2.45, 2.75) is 0 Å². The van der Waals surface area contributed by atoms with E-state index < -0.39 is 0 Å². The van der Waals surface area contributed by atoms with E-state index in [0.29, 0.717) is 11.4 Å². The molecule has 0 saturated heterocycles. The van der Waals surface area contributed by atoms with E-state index in [2.05, 4.69) is 4.98 Å². The molecule has 1 aromatic carbocycles. The van der Waals surface area contributed by atoms with Gasteiger partial charge >= 0.3 is 0 Å². The van der Waals surface area contributed by atoms with Gasteiger partial charge in [0.25, 0.3) is 0 Å². The molecule has 0 unspecified atom stereocenters. The normalized spacial score (nSPS) is 11.1. The SMILES string of the molecule is COCOc1ccc2sc3cc(=O)c(Cl)cc-3nc2c1. The minimum Gasteiger partial charge on any atom is -0.467 e. The second kappa shape index (κ2) is 5.36. The van der Waals surface area contributed by atoms with Crippen LogP contribution in [0.15, 0.2) is 35.1 Å². The molecule has 0 fully saturated rings. The number of halogens is 1. The van der Waals surface area contributed by atoms with Crippen molar-refractivity contribution in [2.24, 2.45) is 0 Å². The van der Waals surface area contributed by atoms with Gasteiger partial charge < -0.3 is 9.47 Å². The average Bonchev–Trinajstić information content (AvgIpc) is 2.44. The fourth-order valence-electron chi connectivity index (χ4n) is 1.83. The molecule has 1 heterocycles. The number of ether oxygens (including phenoxy) is 2. The lowest BCUT2D eigenvalue weighted by atomic mass is 10.2. The Morgan fingerprint density at radius 2 is 2.15 bits per heavy atom. The maximum atomic E-state index is 11.6. The molecule has 20 heavy (non-hydrogen) atoms. The number of hydrogen-bond acceptors (Lipinski definition) is 5. The first-order valence-corrected chi connectivity index (χ1v) is 7.03. The Morgan fingerprint density at radius 3 is 2.95 bits per heavy atom. The van der Waals surface area contributed by atoms with Gasteiger partial charge in [-0.1, -0.05) is 11.6 Å². The molecule has 6 heteroatoms. The summed E-state index contributed by atoms with van der Waals surface area (Å²) in [6.45, 7) is 0.188. The van der Waals surface area contributed by atoms with E-state index in [4.69, 9.17) is 21.1 Å². The van der Waals surface area contributed by atoms with E-state index in [1.807, 2.05) is 18.2 Å². The summed E-state index contributed by atoms with van der Waals surface area (Å²) in [4.78, 5) is 16.9. The monoisotopic (exact) mass is 307 g/mol. The summed E-state index contributed by atoms with van der Waals surface area (Å²) in [6.07, 6.45) is 0. The van der Waals surface area contributed by atoms with Gasteiger partial charge in [-0.2, -0.15) is 0 Å². The number of fused-ring (bicyclic) bond motifs is 2. The topological polar surface area (TPSA) is 48.4 Å². The molecule has 1 aliphatic heterocycles. The summed E-state index contributed by atoms with van der Waals surface area (Å²) in [6, 6.07) is 8.71. The summed E-state index contributed by atoms with van der Waals surface area (Å²) in [7, 11) is 1.57. The molecular formula is C14H10ClNO3S. The van der Waals surface area contributed by atoms with Gasteiger partial charge in [-0.3, -0.25) is 4.79 Å². The first-order chi connectivity index (χ1) is 9.67. The van der Waals surface area contributed by atoms with Crippen molar-refractivity contribution in [1.82, 2.24) is 4.98 Å². The van der Waals surface area contributed by atoms with Crippen LogP contribution < -0.4 is 10.2 Å². The van der Waals surface area contributed by atoms with Crippen molar-refractivity contribution in [2.75, 3.05) is 13.9 Å². The van der Waals surface area contributed by atoms with Crippen LogP contribution in [-0.4, -0.2) is 18.9 Å². The van der Waals surface area contributed by atoms with Crippen LogP contribution in [0.5, 0.6) is 5.75 Å². The lowest BCUT2D eigenvalue weighted by molar-refractivity contribution is 0.0512. The molecule has 0 radical (unpaired) electrons. The average molecular weight is 308 g/mol. The minimum absolute atomic E-state index is 0.184. The number of hydrogen-bond donors (Lipinski definition) is 0. The lowest BCUT2D eigenvalue weighted by Gasteiger charge is -2.08. The van der Waals surface area contributed by atoms with Gasteiger partial charge in [0.2, 0.25) is 0 Å². The summed E-state index contributed by atoms with van der Waals surface area (Å²) < 4.78 is 11.2. The molecule has 0 amide bonds. The van der Waals surface area contributed by atoms with Crippen LogP contribution in [0.2, 0.25) is 5.02 Å². The van der Waals surface area contributed by atoms with Crippen LogP contribution in [0.1, 0.15) is 0 Å². The van der Waals surface area contributed by atoms with Crippen molar-refractivity contribution in [3.8, 4) is 16.3 Å². The minimum atomic E-state index is -0.184. The zero-order valence-corrected chi connectivity index (χ0v) is 12.1. The molecular weight excluding hydrogens is 298 g/mol. The first kappa shape index (κ1) is 13.3. The molecule has 0 spiro atoms. The van der Waals surface area contributed by atoms with Gasteiger partial charge in [-0.25, -0.2) is 4.98 Å². The van der Waals surface area contributed by atoms with Gasteiger partial charge in [0.1, 0.15) is 5.75 Å². The highest BCUT2D eigenvalue weighted by Crippen LogP contribution is 2.32. The lowest BCUT2D eigenvalue weighted by Crippen LogP contribution is -2.01. The Labute approximate surface area is 123 Å². The highest BCUT2D eigenvalue weighted by Gasteiger charge is 2.11. The second-order valence-corrected chi connectivity index (χ2v) is 5.64. The predicted octanol–water partition coefficient (Wildman–Crippen LogP) is 3.40. The van der Waals surface area contributed by atoms with Crippen LogP contribution in [0, 0.1) is 0 Å². The molecule has 2 aliphatic rings. The Bertz CT molecular complexity index is 802. The van der Waals surface area contributed by atoms with Crippen molar-refractivity contribution in [3.63, 3.8) is 0 Å². The van der Waals surface area contributed by atoms with E-state index in [-0.39, 0.29) is 17.2 Å². The Balaban J connectivity index is 2.16. The predicted molar refractivity (Wildman–Crippen MR) is 80.0 cm³/mol. The molecule has 0 aromatic heterocycles. The van der Waals surface area contributed by atoms with E-state index >= 15 is 0 Å². The van der Waals surface area contributed by atoms with Gasteiger partial charge in [0, 0.05) is 19.2 Å². The van der Waals surface area contributed by atoms with Crippen molar-refractivity contribution in [3.05, 3.63) is 45.6 Å². The third-order valence-corrected chi connectivity index (χ3v) is 4.16. The molecule has 0 bridgehead atoms. The zero-order valence-electron chi connectivity index (χ0n) is 10.6. The van der Waals surface area contributed by atoms with E-state index in [1.165, 1.54) is 17.4 Å². The zero-order chi connectivity index (χ0) is 14.1. The third-order valence-electron chi connectivity index (χ3n) is 2.75. The van der Waals surface area contributed by atoms with Crippen LogP contribution in [0.25, 0.3) is 20.8 Å². The molecule has 3 rings (SSSR count). The number of nitrogens with zero attached hydrogens (tertiary/aromatic N) is 1. The smallest absolute Gasteiger partial charge is 0.198 e. The Kier molecular flexibility index (Phi) is 3.56.